The van der Waals surface area contributed by atoms with Crippen molar-refractivity contribution >= 4 is 22.9 Å². The van der Waals surface area contributed by atoms with Crippen LogP contribution in [0.2, 0.25) is 0 Å². The molecule has 28 heavy (non-hydrogen) atoms. The summed E-state index contributed by atoms with van der Waals surface area (Å²) >= 11 is 0. The Labute approximate surface area is 157 Å². The zero-order valence-corrected chi connectivity index (χ0v) is 14.7. The predicted octanol–water partition coefficient (Wildman–Crippen LogP) is 4.01. The fourth-order valence-electron chi connectivity index (χ4n) is 2.96. The summed E-state index contributed by atoms with van der Waals surface area (Å²) < 4.78 is 27.8. The molecule has 0 unspecified atom stereocenters. The Morgan fingerprint density at radius 1 is 1.32 bits per heavy atom. The molecule has 1 fully saturated rings. The van der Waals surface area contributed by atoms with E-state index in [4.69, 9.17) is 0 Å². The minimum absolute atomic E-state index is 0.00151. The lowest BCUT2D eigenvalue weighted by atomic mass is 10.2. The quantitative estimate of drug-likeness (QED) is 0.526. The molecule has 10 heteroatoms. The smallest absolute Gasteiger partial charge is 0.293 e. The van der Waals surface area contributed by atoms with E-state index in [1.165, 1.54) is 24.3 Å². The molecule has 1 amide bonds. The number of fused-ring (bicyclic) bond motifs is 1. The van der Waals surface area contributed by atoms with Gasteiger partial charge in [0.15, 0.2) is 11.3 Å². The van der Waals surface area contributed by atoms with Crippen molar-refractivity contribution in [2.45, 2.75) is 32.1 Å². The van der Waals surface area contributed by atoms with Crippen molar-refractivity contribution in [3.63, 3.8) is 0 Å². The number of anilines is 1. The van der Waals surface area contributed by atoms with Crippen LogP contribution in [0.25, 0.3) is 5.65 Å². The first-order chi connectivity index (χ1) is 13.3. The number of aromatic nitrogens is 3. The van der Waals surface area contributed by atoms with Crippen LogP contribution in [-0.2, 0) is 0 Å². The summed E-state index contributed by atoms with van der Waals surface area (Å²) in [7, 11) is 0. The summed E-state index contributed by atoms with van der Waals surface area (Å²) in [5.41, 5.74) is 0.602. The van der Waals surface area contributed by atoms with Gasteiger partial charge in [-0.05, 0) is 37.5 Å². The average Bonchev–Trinajstić information content (AvgIpc) is 3.40. The second-order valence-corrected chi connectivity index (χ2v) is 6.71. The van der Waals surface area contributed by atoms with E-state index in [2.05, 4.69) is 15.4 Å². The van der Waals surface area contributed by atoms with Crippen LogP contribution in [0.15, 0.2) is 30.3 Å². The van der Waals surface area contributed by atoms with Crippen LogP contribution in [0, 0.1) is 17.0 Å². The molecular formula is C18H15F2N5O3. The monoisotopic (exact) mass is 387 g/mol. The zero-order valence-electron chi connectivity index (χ0n) is 14.7. The molecule has 0 saturated heterocycles. The topological polar surface area (TPSA) is 102 Å². The van der Waals surface area contributed by atoms with Gasteiger partial charge in [0.25, 0.3) is 18.0 Å². The first kappa shape index (κ1) is 18.0. The molecule has 3 aromatic rings. The Bertz CT molecular complexity index is 1110. The van der Waals surface area contributed by atoms with Crippen LogP contribution in [0.1, 0.15) is 52.6 Å². The molecule has 4 rings (SSSR count). The lowest BCUT2D eigenvalue weighted by molar-refractivity contribution is -0.384. The van der Waals surface area contributed by atoms with Gasteiger partial charge in [0.2, 0.25) is 0 Å². The molecule has 0 aliphatic heterocycles. The van der Waals surface area contributed by atoms with E-state index in [0.717, 1.165) is 17.4 Å². The highest BCUT2D eigenvalue weighted by Crippen LogP contribution is 2.40. The molecule has 1 aromatic carbocycles. The van der Waals surface area contributed by atoms with Crippen LogP contribution in [0.5, 0.6) is 0 Å². The summed E-state index contributed by atoms with van der Waals surface area (Å²) in [5, 5.41) is 17.6. The van der Waals surface area contributed by atoms with Gasteiger partial charge < -0.3 is 5.32 Å². The van der Waals surface area contributed by atoms with E-state index in [1.807, 2.05) is 0 Å². The van der Waals surface area contributed by atoms with Crippen LogP contribution in [-0.4, -0.2) is 25.4 Å². The third-order valence-corrected chi connectivity index (χ3v) is 4.52. The molecule has 0 bridgehead atoms. The summed E-state index contributed by atoms with van der Waals surface area (Å²) in [6.07, 6.45) is -0.994. The van der Waals surface area contributed by atoms with E-state index in [9.17, 15) is 23.7 Å². The lowest BCUT2D eigenvalue weighted by Gasteiger charge is -2.06. The minimum Gasteiger partial charge on any atom is -0.315 e. The van der Waals surface area contributed by atoms with Crippen molar-refractivity contribution in [1.29, 1.82) is 0 Å². The van der Waals surface area contributed by atoms with E-state index >= 15 is 0 Å². The summed E-state index contributed by atoms with van der Waals surface area (Å²) in [5.74, 6) is -0.587. The second-order valence-electron chi connectivity index (χ2n) is 6.71. The first-order valence-corrected chi connectivity index (χ1v) is 8.58. The maximum absolute atomic E-state index is 13.4. The maximum Gasteiger partial charge on any atom is 0.293 e. The lowest BCUT2D eigenvalue weighted by Crippen LogP contribution is -2.14. The number of alkyl halides is 2. The highest BCUT2D eigenvalue weighted by Gasteiger charge is 2.28. The highest BCUT2D eigenvalue weighted by molar-refractivity contribution is 6.04. The van der Waals surface area contributed by atoms with Crippen molar-refractivity contribution < 1.29 is 18.5 Å². The van der Waals surface area contributed by atoms with Gasteiger partial charge in [-0.15, -0.1) is 0 Å². The van der Waals surface area contributed by atoms with Crippen LogP contribution >= 0.6 is 0 Å². The number of benzene rings is 1. The number of aryl methyl sites for hydroxylation is 1. The average molecular weight is 387 g/mol. The number of carbonyl (C=O) groups is 1. The molecule has 0 spiro atoms. The van der Waals surface area contributed by atoms with Crippen molar-refractivity contribution in [3.05, 3.63) is 63.1 Å². The number of halogens is 2. The summed E-state index contributed by atoms with van der Waals surface area (Å²) in [6, 6.07) is 6.97. The molecule has 2 heterocycles. The Balaban J connectivity index is 1.70. The van der Waals surface area contributed by atoms with Crippen LogP contribution in [0.4, 0.5) is 20.2 Å². The third-order valence-electron chi connectivity index (χ3n) is 4.52. The molecule has 0 radical (unpaired) electrons. The Hall–Kier alpha value is -3.43. The van der Waals surface area contributed by atoms with E-state index in [1.54, 1.807) is 13.0 Å². The van der Waals surface area contributed by atoms with Crippen LogP contribution < -0.4 is 5.32 Å². The number of hydrogen-bond donors (Lipinski definition) is 1. The van der Waals surface area contributed by atoms with Gasteiger partial charge in [-0.2, -0.15) is 5.10 Å². The van der Waals surface area contributed by atoms with Crippen molar-refractivity contribution in [2.75, 3.05) is 5.32 Å². The third kappa shape index (κ3) is 3.28. The molecule has 1 aliphatic carbocycles. The van der Waals surface area contributed by atoms with Gasteiger partial charge in [0, 0.05) is 23.7 Å². The van der Waals surface area contributed by atoms with Crippen LogP contribution in [0.3, 0.4) is 0 Å². The summed E-state index contributed by atoms with van der Waals surface area (Å²) in [6.45, 7) is 1.69. The van der Waals surface area contributed by atoms with Gasteiger partial charge in [0.05, 0.1) is 4.92 Å². The first-order valence-electron chi connectivity index (χ1n) is 8.58. The normalized spacial score (nSPS) is 13.9. The molecule has 144 valence electrons. The summed E-state index contributed by atoms with van der Waals surface area (Å²) in [4.78, 5) is 27.5. The van der Waals surface area contributed by atoms with Gasteiger partial charge >= 0.3 is 0 Å². The van der Waals surface area contributed by atoms with E-state index in [-0.39, 0.29) is 34.3 Å². The molecule has 1 saturated carbocycles. The van der Waals surface area contributed by atoms with E-state index < -0.39 is 17.3 Å². The standard InChI is InChI=1S/C18H15F2N5O3/c1-9-2-5-11(14(6-9)25(27)28)22-18(26)13-8-16-21-12(10-3-4-10)7-15(17(19)20)24(16)23-13/h2,5-8,10,17H,3-4H2,1H3,(H,22,26). The van der Waals surface area contributed by atoms with Crippen molar-refractivity contribution in [1.82, 2.24) is 14.6 Å². The Morgan fingerprint density at radius 2 is 2.07 bits per heavy atom. The van der Waals surface area contributed by atoms with Gasteiger partial charge in [0.1, 0.15) is 11.4 Å². The molecule has 1 aliphatic rings. The predicted molar refractivity (Wildman–Crippen MR) is 95.7 cm³/mol. The highest BCUT2D eigenvalue weighted by atomic mass is 19.3. The van der Waals surface area contributed by atoms with Gasteiger partial charge in [-0.3, -0.25) is 14.9 Å². The number of nitro benzene ring substituents is 1. The molecule has 0 atom stereocenters. The number of carbonyl (C=O) groups excluding carboxylic acids is 1. The van der Waals surface area contributed by atoms with Gasteiger partial charge in [-0.25, -0.2) is 18.3 Å². The molecular weight excluding hydrogens is 372 g/mol. The zero-order chi connectivity index (χ0) is 20.0. The van der Waals surface area contributed by atoms with Crippen molar-refractivity contribution in [2.24, 2.45) is 0 Å². The van der Waals surface area contributed by atoms with Gasteiger partial charge in [-0.1, -0.05) is 6.07 Å². The fourth-order valence-corrected chi connectivity index (χ4v) is 2.96. The number of rotatable bonds is 5. The minimum atomic E-state index is -2.78. The number of hydrogen-bond acceptors (Lipinski definition) is 5. The van der Waals surface area contributed by atoms with E-state index in [0.29, 0.717) is 11.3 Å². The number of amides is 1. The number of nitrogens with zero attached hydrogens (tertiary/aromatic N) is 4. The largest absolute Gasteiger partial charge is 0.315 e. The fraction of sp³-hybridized carbons (Fsp3) is 0.278. The Morgan fingerprint density at radius 3 is 2.71 bits per heavy atom. The molecule has 8 nitrogen and oxygen atoms in total. The number of nitro groups is 1. The SMILES string of the molecule is Cc1ccc(NC(=O)c2cc3nc(C4CC4)cc(C(F)F)n3n2)c([N+](=O)[O-])c1. The molecule has 2 aromatic heterocycles. The molecule has 1 N–H and O–H groups in total. The maximum atomic E-state index is 13.4. The number of nitrogens with one attached hydrogen (secondary N) is 1. The second kappa shape index (κ2) is 6.63. The Kier molecular flexibility index (Phi) is 4.25. The van der Waals surface area contributed by atoms with Crippen molar-refractivity contribution in [3.8, 4) is 0 Å².